The number of fused-ring (bicyclic) bond motifs is 6. The first-order valence-corrected chi connectivity index (χ1v) is 18.6. The fourth-order valence-electron chi connectivity index (χ4n) is 8.70. The van der Waals surface area contributed by atoms with Crippen LogP contribution in [0.1, 0.15) is 23.6 Å². The number of hydrogen-bond donors (Lipinski definition) is 0. The Morgan fingerprint density at radius 3 is 2.16 bits per heavy atom. The summed E-state index contributed by atoms with van der Waals surface area (Å²) in [6, 6.07) is 65.8. The summed E-state index contributed by atoms with van der Waals surface area (Å²) in [4.78, 5) is 17.8. The van der Waals surface area contributed by atoms with Crippen LogP contribution in [0.3, 0.4) is 0 Å². The van der Waals surface area contributed by atoms with E-state index in [1.807, 2.05) is 24.4 Å². The molecule has 0 aliphatic carbocycles. The standard InChI is InChI=1S/C50H33N5.Pt/c1-50(34-16-4-2-5-17-34)40-24-9-11-26-43(40)55(46-28-12-13-31-51-46)45-32-33(29-30-41(45)50)36-21-15-27-44-48(36)53-49(54(44)35-18-6-3-7-19-35)39-23-14-22-38-37-20-8-10-25-42(37)52-47(38)39;/h2-31H,1H3;/q-2;+2. The summed E-state index contributed by atoms with van der Waals surface area (Å²) in [6.07, 6.45) is 1.86. The van der Waals surface area contributed by atoms with E-state index < -0.39 is 5.41 Å². The van der Waals surface area contributed by atoms with Gasteiger partial charge in [-0.3, -0.25) is 4.57 Å². The molecule has 10 aromatic rings. The van der Waals surface area contributed by atoms with E-state index >= 15 is 0 Å². The van der Waals surface area contributed by atoms with Gasteiger partial charge in [0.2, 0.25) is 0 Å². The summed E-state index contributed by atoms with van der Waals surface area (Å²) >= 11 is 0. The van der Waals surface area contributed by atoms with Crippen molar-refractivity contribution in [3.63, 3.8) is 0 Å². The third-order valence-corrected chi connectivity index (χ3v) is 11.3. The molecule has 11 rings (SSSR count). The number of hydrogen-bond acceptors (Lipinski definition) is 3. The molecule has 0 saturated heterocycles. The topological polar surface area (TPSA) is 48.1 Å². The second-order valence-corrected chi connectivity index (χ2v) is 14.3. The minimum absolute atomic E-state index is 0. The van der Waals surface area contributed by atoms with Crippen molar-refractivity contribution in [1.29, 1.82) is 0 Å². The first-order chi connectivity index (χ1) is 27.2. The molecule has 3 aromatic heterocycles. The fourth-order valence-corrected chi connectivity index (χ4v) is 8.70. The SMILES string of the molecule is CC1(c2ccccc2)c2ccc(-c3cccc4c3nc(-c3cccc5c3[n-]c3ccccc35)n4-c3ccccc3)[c-]c2N(c2ccccn2)c2ccccc21.[Pt+2]. The summed E-state index contributed by atoms with van der Waals surface area (Å²) in [7, 11) is 0. The zero-order chi connectivity index (χ0) is 36.5. The molecule has 1 aliphatic heterocycles. The number of imidazole rings is 1. The second kappa shape index (κ2) is 13.3. The first-order valence-electron chi connectivity index (χ1n) is 18.6. The molecule has 7 aromatic carbocycles. The summed E-state index contributed by atoms with van der Waals surface area (Å²) < 4.78 is 2.27. The van der Waals surface area contributed by atoms with E-state index in [-0.39, 0.29) is 21.1 Å². The fraction of sp³-hybridized carbons (Fsp3) is 0.0400. The number of pyridine rings is 1. The van der Waals surface area contributed by atoms with Crippen molar-refractivity contribution in [1.82, 2.24) is 19.5 Å². The van der Waals surface area contributed by atoms with Crippen LogP contribution in [0.2, 0.25) is 0 Å². The second-order valence-electron chi connectivity index (χ2n) is 14.3. The molecule has 56 heavy (non-hydrogen) atoms. The van der Waals surface area contributed by atoms with Crippen molar-refractivity contribution in [3.8, 4) is 28.2 Å². The maximum Gasteiger partial charge on any atom is 2.00 e. The van der Waals surface area contributed by atoms with Gasteiger partial charge in [0.15, 0.2) is 0 Å². The Morgan fingerprint density at radius 2 is 1.32 bits per heavy atom. The third-order valence-electron chi connectivity index (χ3n) is 11.3. The van der Waals surface area contributed by atoms with Crippen LogP contribution < -0.4 is 9.88 Å². The minimum atomic E-state index is -0.434. The van der Waals surface area contributed by atoms with Gasteiger partial charge >= 0.3 is 21.1 Å². The van der Waals surface area contributed by atoms with Crippen LogP contribution in [0, 0.1) is 6.07 Å². The Morgan fingerprint density at radius 1 is 0.607 bits per heavy atom. The molecule has 268 valence electrons. The molecule has 0 spiro atoms. The quantitative estimate of drug-likeness (QED) is 0.162. The molecule has 1 atom stereocenters. The van der Waals surface area contributed by atoms with Gasteiger partial charge in [-0.15, -0.1) is 34.8 Å². The first kappa shape index (κ1) is 34.0. The van der Waals surface area contributed by atoms with Crippen LogP contribution in [-0.2, 0) is 26.5 Å². The molecule has 1 unspecified atom stereocenters. The maximum atomic E-state index is 5.53. The molecule has 1 aliphatic rings. The van der Waals surface area contributed by atoms with Gasteiger partial charge in [0.05, 0.1) is 11.0 Å². The van der Waals surface area contributed by atoms with E-state index in [1.165, 1.54) is 11.1 Å². The number of para-hydroxylation sites is 5. The van der Waals surface area contributed by atoms with Gasteiger partial charge < -0.3 is 9.88 Å². The molecule has 0 radical (unpaired) electrons. The molecule has 0 fully saturated rings. The molecule has 4 heterocycles. The van der Waals surface area contributed by atoms with Crippen LogP contribution in [0.5, 0.6) is 0 Å². The summed E-state index contributed by atoms with van der Waals surface area (Å²) in [5.41, 5.74) is 13.1. The Kier molecular flexibility index (Phi) is 8.09. The molecule has 0 amide bonds. The van der Waals surface area contributed by atoms with Crippen molar-refractivity contribution in [3.05, 3.63) is 205 Å². The number of rotatable bonds is 5. The van der Waals surface area contributed by atoms with Crippen molar-refractivity contribution in [2.24, 2.45) is 0 Å². The zero-order valence-electron chi connectivity index (χ0n) is 30.4. The monoisotopic (exact) mass is 898 g/mol. The molecule has 0 N–H and O–H groups in total. The van der Waals surface area contributed by atoms with Crippen molar-refractivity contribution >= 4 is 50.0 Å². The van der Waals surface area contributed by atoms with Gasteiger partial charge in [-0.25, -0.2) is 9.97 Å². The van der Waals surface area contributed by atoms with E-state index in [0.717, 1.165) is 83.8 Å². The average molecular weight is 899 g/mol. The van der Waals surface area contributed by atoms with Crippen LogP contribution in [0.15, 0.2) is 182 Å². The molecular weight excluding hydrogens is 866 g/mol. The Bertz CT molecular complexity index is 3060. The van der Waals surface area contributed by atoms with Gasteiger partial charge in [0, 0.05) is 28.6 Å². The van der Waals surface area contributed by atoms with E-state index in [4.69, 9.17) is 15.0 Å². The van der Waals surface area contributed by atoms with E-state index in [0.29, 0.717) is 0 Å². The predicted octanol–water partition coefficient (Wildman–Crippen LogP) is 12.0. The van der Waals surface area contributed by atoms with Crippen molar-refractivity contribution in [2.75, 3.05) is 4.90 Å². The molecule has 5 nitrogen and oxygen atoms in total. The molecule has 0 saturated carbocycles. The number of aromatic nitrogens is 4. The van der Waals surface area contributed by atoms with E-state index in [2.05, 4.69) is 180 Å². The Balaban J connectivity index is 0.00000384. The molecule has 6 heteroatoms. The Labute approximate surface area is 339 Å². The average Bonchev–Trinajstić information content (AvgIpc) is 3.84. The van der Waals surface area contributed by atoms with Gasteiger partial charge in [-0.05, 0) is 64.0 Å². The van der Waals surface area contributed by atoms with Gasteiger partial charge in [-0.2, -0.15) is 0 Å². The largest absolute Gasteiger partial charge is 2.00 e. The van der Waals surface area contributed by atoms with E-state index in [1.54, 1.807) is 0 Å². The minimum Gasteiger partial charge on any atom is -0.656 e. The van der Waals surface area contributed by atoms with Crippen LogP contribution in [0.25, 0.3) is 61.0 Å². The number of anilines is 3. The van der Waals surface area contributed by atoms with Gasteiger partial charge in [0.25, 0.3) is 0 Å². The summed E-state index contributed by atoms with van der Waals surface area (Å²) in [6.45, 7) is 2.33. The van der Waals surface area contributed by atoms with Crippen LogP contribution in [0.4, 0.5) is 17.2 Å². The number of nitrogens with zero attached hydrogens (tertiary/aromatic N) is 5. The summed E-state index contributed by atoms with van der Waals surface area (Å²) in [5, 5.41) is 2.27. The molecular formula is C50H33N5Pt. The normalized spacial score (nSPS) is 14.8. The van der Waals surface area contributed by atoms with Crippen LogP contribution >= 0.6 is 0 Å². The van der Waals surface area contributed by atoms with Gasteiger partial charge in [-0.1, -0.05) is 145 Å². The predicted molar refractivity (Wildman–Crippen MR) is 224 cm³/mol. The Hall–Kier alpha value is -6.55. The third kappa shape index (κ3) is 5.04. The molecule has 0 bridgehead atoms. The van der Waals surface area contributed by atoms with Crippen LogP contribution in [-0.4, -0.2) is 14.5 Å². The zero-order valence-corrected chi connectivity index (χ0v) is 32.6. The van der Waals surface area contributed by atoms with E-state index in [9.17, 15) is 0 Å². The summed E-state index contributed by atoms with van der Waals surface area (Å²) in [5.74, 6) is 1.69. The maximum absolute atomic E-state index is 5.53. The van der Waals surface area contributed by atoms with Crippen molar-refractivity contribution in [2.45, 2.75) is 12.3 Å². The number of benzene rings is 7. The van der Waals surface area contributed by atoms with Crippen molar-refractivity contribution < 1.29 is 21.1 Å². The smallest absolute Gasteiger partial charge is 0.656 e. The van der Waals surface area contributed by atoms with Gasteiger partial charge in [0.1, 0.15) is 11.6 Å².